The number of alkyl halides is 4. The maximum atomic E-state index is 17.2. The fraction of sp³-hybridized carbons (Fsp3) is 0.731. The van der Waals surface area contributed by atoms with Crippen LogP contribution in [0.1, 0.15) is 52.9 Å². The Balaban J connectivity index is 1.57. The van der Waals surface area contributed by atoms with Crippen LogP contribution in [-0.4, -0.2) is 51.4 Å². The van der Waals surface area contributed by atoms with Gasteiger partial charge in [0.1, 0.15) is 6.17 Å². The van der Waals surface area contributed by atoms with Crippen LogP contribution in [-0.2, 0) is 19.1 Å². The molecule has 0 amide bonds. The van der Waals surface area contributed by atoms with Crippen molar-refractivity contribution >= 4 is 29.5 Å². The summed E-state index contributed by atoms with van der Waals surface area (Å²) in [6.45, 7) is 4.73. The standard InChI is InChI=1S/C26H30F4O5S/c1-12-6-15-16-8-18(27)17-7-14(31)4-5-22(17,2)25(16,30)19(32)11-23(15,3)26(12,21(34)36)35-20(33)13-9-24(28,29)10-13/h4-5,7,12-13,15-16,18-19,32H,6,8-11H2,1-3H3,(H,34,36)/t12-,15+,16+,18+,19+,22+,23+,25+,26+/m1/s1. The molecule has 0 aromatic rings. The molecule has 0 spiro atoms. The number of hydrogen-bond donors (Lipinski definition) is 2. The van der Waals surface area contributed by atoms with Crippen LogP contribution in [0.5, 0.6) is 0 Å². The number of thiol groups is 1. The summed E-state index contributed by atoms with van der Waals surface area (Å²) in [7, 11) is 0. The van der Waals surface area contributed by atoms with Gasteiger partial charge in [-0.15, -0.1) is 12.6 Å². The summed E-state index contributed by atoms with van der Waals surface area (Å²) >= 11 is 4.05. The van der Waals surface area contributed by atoms with Gasteiger partial charge in [-0.3, -0.25) is 14.4 Å². The van der Waals surface area contributed by atoms with Gasteiger partial charge in [-0.2, -0.15) is 0 Å². The van der Waals surface area contributed by atoms with Gasteiger partial charge in [0, 0.05) is 35.5 Å². The Hall–Kier alpha value is -1.68. The smallest absolute Gasteiger partial charge is 0.310 e. The van der Waals surface area contributed by atoms with Crippen molar-refractivity contribution < 1.29 is 41.8 Å². The number of halogens is 4. The number of allylic oxidation sites excluding steroid dienone is 4. The van der Waals surface area contributed by atoms with Gasteiger partial charge in [-0.1, -0.05) is 19.9 Å². The van der Waals surface area contributed by atoms with Crippen LogP contribution in [0, 0.1) is 34.5 Å². The van der Waals surface area contributed by atoms with Gasteiger partial charge < -0.3 is 9.84 Å². The summed E-state index contributed by atoms with van der Waals surface area (Å²) in [6.07, 6.45) is -1.54. The number of aliphatic hydroxyl groups is 1. The van der Waals surface area contributed by atoms with E-state index in [-0.39, 0.29) is 24.8 Å². The second-order valence-corrected chi connectivity index (χ2v) is 12.3. The van der Waals surface area contributed by atoms with Gasteiger partial charge >= 0.3 is 5.97 Å². The van der Waals surface area contributed by atoms with Crippen molar-refractivity contribution in [1.29, 1.82) is 0 Å². The first-order valence-corrected chi connectivity index (χ1v) is 12.8. The minimum Gasteiger partial charge on any atom is -0.449 e. The van der Waals surface area contributed by atoms with E-state index < -0.39 is 93.7 Å². The number of ketones is 1. The molecule has 5 rings (SSSR count). The van der Waals surface area contributed by atoms with E-state index >= 15 is 8.78 Å². The molecule has 0 aromatic carbocycles. The number of aliphatic hydroxyl groups excluding tert-OH is 1. The third kappa shape index (κ3) is 3.03. The van der Waals surface area contributed by atoms with E-state index in [1.807, 2.05) is 0 Å². The highest BCUT2D eigenvalue weighted by molar-refractivity contribution is 7.96. The lowest BCUT2D eigenvalue weighted by molar-refractivity contribution is -0.233. The summed E-state index contributed by atoms with van der Waals surface area (Å²) < 4.78 is 65.4. The fourth-order valence-electron chi connectivity index (χ4n) is 8.31. The molecular weight excluding hydrogens is 500 g/mol. The Kier molecular flexibility index (Phi) is 5.54. The number of hydrogen-bond acceptors (Lipinski definition) is 5. The first-order chi connectivity index (χ1) is 16.5. The van der Waals surface area contributed by atoms with Crippen LogP contribution in [0.4, 0.5) is 17.6 Å². The second-order valence-electron chi connectivity index (χ2n) is 11.9. The normalized spacial score (nSPS) is 49.3. The maximum Gasteiger partial charge on any atom is 0.310 e. The monoisotopic (exact) mass is 530 g/mol. The van der Waals surface area contributed by atoms with Crippen molar-refractivity contribution in [2.24, 2.45) is 34.5 Å². The Morgan fingerprint density at radius 2 is 1.75 bits per heavy atom. The van der Waals surface area contributed by atoms with Crippen LogP contribution >= 0.6 is 12.6 Å². The molecule has 36 heavy (non-hydrogen) atoms. The number of rotatable bonds is 3. The third-order valence-corrected chi connectivity index (χ3v) is 10.5. The van der Waals surface area contributed by atoms with Gasteiger partial charge in [-0.25, -0.2) is 17.6 Å². The summed E-state index contributed by atoms with van der Waals surface area (Å²) in [5.74, 6) is -7.87. The van der Waals surface area contributed by atoms with Gasteiger partial charge in [0.15, 0.2) is 17.1 Å². The summed E-state index contributed by atoms with van der Waals surface area (Å²) in [6, 6.07) is 0. The third-order valence-electron chi connectivity index (χ3n) is 10.2. The van der Waals surface area contributed by atoms with Crippen LogP contribution in [0.15, 0.2) is 23.8 Å². The molecule has 5 nitrogen and oxygen atoms in total. The first-order valence-electron chi connectivity index (χ1n) is 12.3. The Labute approximate surface area is 212 Å². The van der Waals surface area contributed by atoms with E-state index in [9.17, 15) is 28.3 Å². The molecule has 0 aromatic heterocycles. The zero-order chi connectivity index (χ0) is 26.6. The molecule has 9 atom stereocenters. The molecule has 0 bridgehead atoms. The molecule has 0 heterocycles. The highest BCUT2D eigenvalue weighted by Crippen LogP contribution is 2.72. The van der Waals surface area contributed by atoms with E-state index in [1.54, 1.807) is 13.8 Å². The van der Waals surface area contributed by atoms with Gasteiger partial charge in [0.2, 0.25) is 11.0 Å². The molecule has 0 unspecified atom stereocenters. The zero-order valence-electron chi connectivity index (χ0n) is 20.3. The van der Waals surface area contributed by atoms with E-state index in [0.29, 0.717) is 0 Å². The van der Waals surface area contributed by atoms with Crippen molar-refractivity contribution in [1.82, 2.24) is 0 Å². The molecule has 198 valence electrons. The van der Waals surface area contributed by atoms with Crippen molar-refractivity contribution in [3.8, 4) is 0 Å². The van der Waals surface area contributed by atoms with E-state index in [0.717, 1.165) is 6.08 Å². The molecular formula is C26H30F4O5S. The Morgan fingerprint density at radius 3 is 2.33 bits per heavy atom. The van der Waals surface area contributed by atoms with E-state index in [1.165, 1.54) is 19.1 Å². The van der Waals surface area contributed by atoms with Crippen molar-refractivity contribution in [2.75, 3.05) is 0 Å². The number of fused-ring (bicyclic) bond motifs is 5. The highest BCUT2D eigenvalue weighted by atomic mass is 32.1. The summed E-state index contributed by atoms with van der Waals surface area (Å²) in [4.78, 5) is 38.0. The first kappa shape index (κ1) is 25.9. The summed E-state index contributed by atoms with van der Waals surface area (Å²) in [5, 5.41) is 10.6. The molecule has 10 heteroatoms. The lowest BCUT2D eigenvalue weighted by atomic mass is 9.44. The van der Waals surface area contributed by atoms with Crippen molar-refractivity contribution in [3.05, 3.63) is 23.8 Å². The predicted octanol–water partition coefficient (Wildman–Crippen LogP) is 4.33. The zero-order valence-corrected chi connectivity index (χ0v) is 21.2. The molecule has 0 saturated heterocycles. The largest absolute Gasteiger partial charge is 0.449 e. The number of ether oxygens (including phenoxy) is 1. The summed E-state index contributed by atoms with van der Waals surface area (Å²) in [5.41, 5.74) is -7.17. The van der Waals surface area contributed by atoms with Crippen LogP contribution in [0.25, 0.3) is 0 Å². The fourth-order valence-corrected chi connectivity index (χ4v) is 8.83. The van der Waals surface area contributed by atoms with Gasteiger partial charge in [-0.05, 0) is 49.8 Å². The van der Waals surface area contributed by atoms with Crippen molar-refractivity contribution in [2.45, 2.75) is 82.3 Å². The topological polar surface area (TPSA) is 80.7 Å². The lowest BCUT2D eigenvalue weighted by Crippen LogP contribution is -2.70. The molecule has 4 saturated carbocycles. The van der Waals surface area contributed by atoms with Gasteiger partial charge in [0.05, 0.1) is 12.0 Å². The quantitative estimate of drug-likeness (QED) is 0.323. The highest BCUT2D eigenvalue weighted by Gasteiger charge is 2.78. The Bertz CT molecular complexity index is 1100. The van der Waals surface area contributed by atoms with Crippen molar-refractivity contribution in [3.63, 3.8) is 0 Å². The molecule has 5 aliphatic carbocycles. The van der Waals surface area contributed by atoms with Crippen LogP contribution in [0.2, 0.25) is 0 Å². The lowest BCUT2D eigenvalue weighted by Gasteiger charge is -2.63. The molecule has 0 aliphatic heterocycles. The number of carbonyl (C=O) groups excluding carboxylic acids is 3. The second kappa shape index (κ2) is 7.68. The van der Waals surface area contributed by atoms with Crippen LogP contribution < -0.4 is 0 Å². The van der Waals surface area contributed by atoms with E-state index in [2.05, 4.69) is 12.6 Å². The molecule has 1 N–H and O–H groups in total. The molecule has 5 aliphatic rings. The number of carbonyl (C=O) groups is 3. The Morgan fingerprint density at radius 1 is 1.11 bits per heavy atom. The average Bonchev–Trinajstić information content (AvgIpc) is 2.97. The predicted molar refractivity (Wildman–Crippen MR) is 124 cm³/mol. The molecule has 4 fully saturated rings. The minimum atomic E-state index is -2.97. The SMILES string of the molecule is C[C@@H]1C[C@H]2[C@@H]3C[C@H](F)C4=CC(=O)C=C[C@]4(C)[C@@]3(F)[C@@H](O)C[C@]2(C)[C@@]1(OC(=O)C1CC(F)(F)C1)C(=O)S. The molecule has 0 radical (unpaired) electrons. The van der Waals surface area contributed by atoms with Crippen LogP contribution in [0.3, 0.4) is 0 Å². The number of esters is 1. The van der Waals surface area contributed by atoms with Gasteiger partial charge in [0.25, 0.3) is 0 Å². The van der Waals surface area contributed by atoms with E-state index in [4.69, 9.17) is 4.74 Å². The maximum absolute atomic E-state index is 17.2. The average molecular weight is 531 g/mol. The minimum absolute atomic E-state index is 0.0173.